The number of allylic oxidation sites excluding steroid dienone is 1. The lowest BCUT2D eigenvalue weighted by atomic mass is 10.2. The average Bonchev–Trinajstić information content (AvgIpc) is 3.02. The van der Waals surface area contributed by atoms with E-state index in [1.807, 2.05) is 44.2 Å². The summed E-state index contributed by atoms with van der Waals surface area (Å²) in [7, 11) is 1.33. The van der Waals surface area contributed by atoms with Crippen molar-refractivity contribution < 1.29 is 19.1 Å². The number of likely N-dealkylation sites (tertiary alicyclic amines) is 1. The molecule has 0 bridgehead atoms. The van der Waals surface area contributed by atoms with Gasteiger partial charge in [0.1, 0.15) is 12.6 Å². The SMILES string of the molecule is C=C(C)C.COC(=O)C1CCCN1C(=O)OCc1ccccc1. The van der Waals surface area contributed by atoms with Gasteiger partial charge in [-0.25, -0.2) is 9.59 Å². The van der Waals surface area contributed by atoms with Crippen molar-refractivity contribution >= 4 is 12.1 Å². The van der Waals surface area contributed by atoms with Gasteiger partial charge in [0.15, 0.2) is 0 Å². The van der Waals surface area contributed by atoms with Gasteiger partial charge in [-0.1, -0.05) is 35.9 Å². The molecule has 1 saturated heterocycles. The number of rotatable bonds is 3. The molecule has 1 amide bonds. The molecule has 1 heterocycles. The Labute approximate surface area is 137 Å². The van der Waals surface area contributed by atoms with Crippen LogP contribution in [0.2, 0.25) is 0 Å². The highest BCUT2D eigenvalue weighted by Gasteiger charge is 2.35. The summed E-state index contributed by atoms with van der Waals surface area (Å²) >= 11 is 0. The van der Waals surface area contributed by atoms with E-state index in [4.69, 9.17) is 4.74 Å². The fourth-order valence-corrected chi connectivity index (χ4v) is 2.17. The number of nitrogens with zero attached hydrogens (tertiary/aromatic N) is 1. The first-order chi connectivity index (χ1) is 11.0. The zero-order valence-electron chi connectivity index (χ0n) is 14.1. The van der Waals surface area contributed by atoms with E-state index in [0.717, 1.165) is 12.0 Å². The van der Waals surface area contributed by atoms with Gasteiger partial charge >= 0.3 is 12.1 Å². The van der Waals surface area contributed by atoms with E-state index in [1.54, 1.807) is 0 Å². The van der Waals surface area contributed by atoms with Gasteiger partial charge in [0.05, 0.1) is 7.11 Å². The Balaban J connectivity index is 0.000000593. The Morgan fingerprint density at radius 1 is 1.26 bits per heavy atom. The van der Waals surface area contributed by atoms with Gasteiger partial charge in [-0.3, -0.25) is 4.90 Å². The fourth-order valence-electron chi connectivity index (χ4n) is 2.17. The maximum Gasteiger partial charge on any atom is 0.410 e. The Hall–Kier alpha value is -2.30. The van der Waals surface area contributed by atoms with Crippen molar-refractivity contribution in [3.63, 3.8) is 0 Å². The topological polar surface area (TPSA) is 55.8 Å². The van der Waals surface area contributed by atoms with Crippen LogP contribution in [0.1, 0.15) is 32.3 Å². The fraction of sp³-hybridized carbons (Fsp3) is 0.444. The van der Waals surface area contributed by atoms with Crippen molar-refractivity contribution in [2.45, 2.75) is 39.3 Å². The van der Waals surface area contributed by atoms with Gasteiger partial charge in [0, 0.05) is 6.54 Å². The molecule has 1 fully saturated rings. The highest BCUT2D eigenvalue weighted by atomic mass is 16.6. The normalized spacial score (nSPS) is 16.1. The lowest BCUT2D eigenvalue weighted by molar-refractivity contribution is -0.145. The molecule has 5 heteroatoms. The van der Waals surface area contributed by atoms with Crippen molar-refractivity contribution in [2.24, 2.45) is 0 Å². The van der Waals surface area contributed by atoms with Gasteiger partial charge in [0.2, 0.25) is 0 Å². The van der Waals surface area contributed by atoms with Gasteiger partial charge in [-0.2, -0.15) is 0 Å². The summed E-state index contributed by atoms with van der Waals surface area (Å²) < 4.78 is 9.91. The molecule has 1 aliphatic heterocycles. The summed E-state index contributed by atoms with van der Waals surface area (Å²) in [6.45, 7) is 8.25. The van der Waals surface area contributed by atoms with Crippen LogP contribution >= 0.6 is 0 Å². The second kappa shape index (κ2) is 9.66. The molecule has 0 N–H and O–H groups in total. The smallest absolute Gasteiger partial charge is 0.410 e. The van der Waals surface area contributed by atoms with Crippen LogP contribution < -0.4 is 0 Å². The molecular weight excluding hydrogens is 294 g/mol. The van der Waals surface area contributed by atoms with E-state index in [0.29, 0.717) is 13.0 Å². The number of amides is 1. The number of hydrogen-bond donors (Lipinski definition) is 0. The van der Waals surface area contributed by atoms with E-state index in [1.165, 1.54) is 17.6 Å². The Kier molecular flexibility index (Phi) is 7.88. The highest BCUT2D eigenvalue weighted by Crippen LogP contribution is 2.19. The van der Waals surface area contributed by atoms with Gasteiger partial charge in [-0.05, 0) is 32.3 Å². The third kappa shape index (κ3) is 6.55. The van der Waals surface area contributed by atoms with Crippen LogP contribution in [0.3, 0.4) is 0 Å². The molecule has 0 aromatic heterocycles. The van der Waals surface area contributed by atoms with E-state index in [9.17, 15) is 9.59 Å². The van der Waals surface area contributed by atoms with Crippen LogP contribution in [0.4, 0.5) is 4.79 Å². The average molecular weight is 319 g/mol. The minimum atomic E-state index is -0.506. The molecule has 1 unspecified atom stereocenters. The zero-order chi connectivity index (χ0) is 17.2. The number of ether oxygens (including phenoxy) is 2. The zero-order valence-corrected chi connectivity index (χ0v) is 14.1. The molecule has 1 aromatic carbocycles. The molecule has 5 nitrogen and oxygen atoms in total. The third-order valence-corrected chi connectivity index (χ3v) is 3.17. The maximum atomic E-state index is 11.9. The lowest BCUT2D eigenvalue weighted by Gasteiger charge is -2.21. The second-order valence-corrected chi connectivity index (χ2v) is 5.62. The number of methoxy groups -OCH3 is 1. The van der Waals surface area contributed by atoms with Crippen LogP contribution in [0.5, 0.6) is 0 Å². The Bertz CT molecular complexity index is 523. The first-order valence-corrected chi connectivity index (χ1v) is 7.63. The number of hydrogen-bond acceptors (Lipinski definition) is 4. The molecule has 0 radical (unpaired) electrons. The Morgan fingerprint density at radius 2 is 1.87 bits per heavy atom. The molecule has 23 heavy (non-hydrogen) atoms. The maximum absolute atomic E-state index is 11.9. The minimum Gasteiger partial charge on any atom is -0.467 e. The number of carbonyl (C=O) groups is 2. The molecule has 0 spiro atoms. The predicted octanol–water partition coefficient (Wildman–Crippen LogP) is 3.54. The second-order valence-electron chi connectivity index (χ2n) is 5.62. The molecule has 1 aromatic rings. The molecule has 1 atom stereocenters. The van der Waals surface area contributed by atoms with Crippen LogP contribution in [-0.4, -0.2) is 36.7 Å². The molecule has 126 valence electrons. The largest absolute Gasteiger partial charge is 0.467 e. The highest BCUT2D eigenvalue weighted by molar-refractivity contribution is 5.82. The summed E-state index contributed by atoms with van der Waals surface area (Å²) in [5.41, 5.74) is 2.09. The van der Waals surface area contributed by atoms with Crippen LogP contribution in [0.15, 0.2) is 42.5 Å². The minimum absolute atomic E-state index is 0.212. The van der Waals surface area contributed by atoms with Gasteiger partial charge in [-0.15, -0.1) is 6.58 Å². The molecule has 0 aliphatic carbocycles. The van der Waals surface area contributed by atoms with E-state index in [-0.39, 0.29) is 12.6 Å². The van der Waals surface area contributed by atoms with Crippen LogP contribution in [-0.2, 0) is 20.9 Å². The number of benzene rings is 1. The Morgan fingerprint density at radius 3 is 2.43 bits per heavy atom. The van der Waals surface area contributed by atoms with Gasteiger partial charge in [0.25, 0.3) is 0 Å². The van der Waals surface area contributed by atoms with Crippen molar-refractivity contribution in [1.29, 1.82) is 0 Å². The molecule has 2 rings (SSSR count). The van der Waals surface area contributed by atoms with E-state index < -0.39 is 12.1 Å². The van der Waals surface area contributed by atoms with Crippen LogP contribution in [0, 0.1) is 0 Å². The summed E-state index contributed by atoms with van der Waals surface area (Å²) in [6, 6.07) is 8.93. The van der Waals surface area contributed by atoms with Gasteiger partial charge < -0.3 is 9.47 Å². The first kappa shape index (κ1) is 18.7. The lowest BCUT2D eigenvalue weighted by Crippen LogP contribution is -2.41. The standard InChI is InChI=1S/C14H17NO4.C4H8/c1-18-13(16)12-8-5-9-15(12)14(17)19-10-11-6-3-2-4-7-11;1-4(2)3/h2-4,6-7,12H,5,8-10H2,1H3;1H2,2-3H3. The third-order valence-electron chi connectivity index (χ3n) is 3.17. The summed E-state index contributed by atoms with van der Waals surface area (Å²) in [5, 5.41) is 0. The van der Waals surface area contributed by atoms with Crippen LogP contribution in [0.25, 0.3) is 0 Å². The first-order valence-electron chi connectivity index (χ1n) is 7.63. The van der Waals surface area contributed by atoms with Crippen molar-refractivity contribution in [3.8, 4) is 0 Å². The summed E-state index contributed by atoms with van der Waals surface area (Å²) in [5.74, 6) is -0.380. The number of carbonyl (C=O) groups excluding carboxylic acids is 2. The van der Waals surface area contributed by atoms with Crippen molar-refractivity contribution in [2.75, 3.05) is 13.7 Å². The van der Waals surface area contributed by atoms with Crippen molar-refractivity contribution in [3.05, 3.63) is 48.0 Å². The summed E-state index contributed by atoms with van der Waals surface area (Å²) in [6.07, 6.45) is 0.963. The molecule has 0 saturated carbocycles. The monoisotopic (exact) mass is 319 g/mol. The molecule has 1 aliphatic rings. The van der Waals surface area contributed by atoms with Crippen molar-refractivity contribution in [1.82, 2.24) is 4.90 Å². The quantitative estimate of drug-likeness (QED) is 0.631. The predicted molar refractivity (Wildman–Crippen MR) is 88.9 cm³/mol. The van der Waals surface area contributed by atoms with E-state index >= 15 is 0 Å². The molecular formula is C18H25NO4. The summed E-state index contributed by atoms with van der Waals surface area (Å²) in [4.78, 5) is 24.9. The van der Waals surface area contributed by atoms with E-state index in [2.05, 4.69) is 11.3 Å². The number of esters is 1.